The molecule has 0 bridgehead atoms. The zero-order valence-electron chi connectivity index (χ0n) is 14.0. The Morgan fingerprint density at radius 3 is 2.65 bits per heavy atom. The minimum atomic E-state index is -0.257. The molecule has 0 radical (unpaired) electrons. The first-order chi connectivity index (χ1) is 12.7. The number of rotatable bonds is 8. The predicted molar refractivity (Wildman–Crippen MR) is 97.4 cm³/mol. The number of nitrogens with zero attached hydrogens (tertiary/aromatic N) is 4. The number of hydrogen-bond acceptors (Lipinski definition) is 6. The summed E-state index contributed by atoms with van der Waals surface area (Å²) in [6.45, 7) is 1.06. The molecule has 0 fully saturated rings. The molecule has 3 aromatic rings. The summed E-state index contributed by atoms with van der Waals surface area (Å²) in [4.78, 5) is 23.6. The van der Waals surface area contributed by atoms with Gasteiger partial charge < -0.3 is 10.6 Å². The highest BCUT2D eigenvalue weighted by Gasteiger charge is 2.09. The van der Waals surface area contributed by atoms with E-state index in [-0.39, 0.29) is 24.7 Å². The van der Waals surface area contributed by atoms with Gasteiger partial charge in [0.15, 0.2) is 0 Å². The van der Waals surface area contributed by atoms with Gasteiger partial charge >= 0.3 is 0 Å². The molecular weight excluding hydrogens is 352 g/mol. The summed E-state index contributed by atoms with van der Waals surface area (Å²) in [5, 5.41) is 17.5. The van der Waals surface area contributed by atoms with Crippen LogP contribution in [0.1, 0.15) is 24.0 Å². The Kier molecular flexibility index (Phi) is 6.05. The van der Waals surface area contributed by atoms with Crippen LogP contribution < -0.4 is 10.6 Å². The van der Waals surface area contributed by atoms with Gasteiger partial charge in [0.05, 0.1) is 12.7 Å². The van der Waals surface area contributed by atoms with Gasteiger partial charge in [-0.1, -0.05) is 41.7 Å². The van der Waals surface area contributed by atoms with Crippen molar-refractivity contribution in [3.63, 3.8) is 0 Å². The minimum absolute atomic E-state index is 0.0959. The Bertz CT molecular complexity index is 847. The van der Waals surface area contributed by atoms with E-state index in [9.17, 15) is 9.59 Å². The molecule has 0 aliphatic rings. The third kappa shape index (κ3) is 5.49. The fraction of sp³-hybridized carbons (Fsp3) is 0.235. The van der Waals surface area contributed by atoms with E-state index in [2.05, 4.69) is 25.9 Å². The highest BCUT2D eigenvalue weighted by atomic mass is 32.1. The van der Waals surface area contributed by atoms with Crippen molar-refractivity contribution in [2.24, 2.45) is 0 Å². The molecule has 0 aliphatic carbocycles. The lowest BCUT2D eigenvalue weighted by atomic mass is 10.2. The van der Waals surface area contributed by atoms with Crippen LogP contribution in [0, 0.1) is 0 Å². The molecule has 2 heterocycles. The largest absolute Gasteiger partial charge is 0.352 e. The quantitative estimate of drug-likeness (QED) is 0.630. The Hall–Kier alpha value is -3.07. The van der Waals surface area contributed by atoms with E-state index in [1.165, 1.54) is 16.8 Å². The Morgan fingerprint density at radius 1 is 1.08 bits per heavy atom. The van der Waals surface area contributed by atoms with Gasteiger partial charge in [-0.3, -0.25) is 14.3 Å². The van der Waals surface area contributed by atoms with Crippen LogP contribution in [0.25, 0.3) is 0 Å². The van der Waals surface area contributed by atoms with Gasteiger partial charge in [0.2, 0.25) is 16.9 Å². The van der Waals surface area contributed by atoms with Gasteiger partial charge in [0, 0.05) is 31.1 Å². The average molecular weight is 370 g/mol. The number of nitrogens with one attached hydrogen (secondary N) is 2. The van der Waals surface area contributed by atoms with Gasteiger partial charge in [-0.25, -0.2) is 0 Å². The molecule has 26 heavy (non-hydrogen) atoms. The number of carbonyl (C=O) groups excluding carboxylic acids is 2. The van der Waals surface area contributed by atoms with Gasteiger partial charge in [-0.05, 0) is 5.56 Å². The standard InChI is InChI=1S/C17H18N6O2S/c24-15(6-7-16(25)21-17-22-19-12-26-17)18-8-14-9-20-23(11-14)10-13-4-2-1-3-5-13/h1-5,9,11-12H,6-8,10H2,(H,18,24)(H,21,22,25). The van der Waals surface area contributed by atoms with Crippen LogP contribution in [0.5, 0.6) is 0 Å². The van der Waals surface area contributed by atoms with Crippen LogP contribution in [0.2, 0.25) is 0 Å². The van der Waals surface area contributed by atoms with E-state index in [4.69, 9.17) is 0 Å². The molecule has 134 valence electrons. The zero-order chi connectivity index (χ0) is 18.2. The van der Waals surface area contributed by atoms with Crippen LogP contribution in [0.3, 0.4) is 0 Å². The predicted octanol–water partition coefficient (Wildman–Crippen LogP) is 1.82. The first-order valence-electron chi connectivity index (χ1n) is 8.07. The summed E-state index contributed by atoms with van der Waals surface area (Å²) in [5.41, 5.74) is 3.60. The summed E-state index contributed by atoms with van der Waals surface area (Å²) in [6, 6.07) is 10.0. The SMILES string of the molecule is O=C(CCC(=O)Nc1nncs1)NCc1cnn(Cc2ccccc2)c1. The topological polar surface area (TPSA) is 102 Å². The Morgan fingerprint density at radius 2 is 1.88 bits per heavy atom. The highest BCUT2D eigenvalue weighted by molar-refractivity contribution is 7.13. The minimum Gasteiger partial charge on any atom is -0.352 e. The molecule has 0 aliphatic heterocycles. The molecular formula is C17H18N6O2S. The summed E-state index contributed by atoms with van der Waals surface area (Å²) < 4.78 is 1.83. The second kappa shape index (κ2) is 8.86. The van der Waals surface area contributed by atoms with Gasteiger partial charge in [-0.15, -0.1) is 10.2 Å². The lowest BCUT2D eigenvalue weighted by Gasteiger charge is -2.04. The molecule has 9 heteroatoms. The van der Waals surface area contributed by atoms with Crippen molar-refractivity contribution >= 4 is 28.3 Å². The second-order valence-electron chi connectivity index (χ2n) is 5.60. The number of hydrogen-bond donors (Lipinski definition) is 2. The first kappa shape index (κ1) is 17.7. The molecule has 2 N–H and O–H groups in total. The highest BCUT2D eigenvalue weighted by Crippen LogP contribution is 2.08. The van der Waals surface area contributed by atoms with Crippen molar-refractivity contribution in [3.8, 4) is 0 Å². The second-order valence-corrected chi connectivity index (χ2v) is 6.43. The van der Waals surface area contributed by atoms with E-state index in [1.54, 1.807) is 6.20 Å². The molecule has 0 atom stereocenters. The average Bonchev–Trinajstić information content (AvgIpc) is 3.31. The summed E-state index contributed by atoms with van der Waals surface area (Å²) in [5.74, 6) is -0.444. The fourth-order valence-corrected chi connectivity index (χ4v) is 2.74. The van der Waals surface area contributed by atoms with Crippen molar-refractivity contribution < 1.29 is 9.59 Å². The maximum Gasteiger partial charge on any atom is 0.226 e. The number of benzene rings is 1. The maximum atomic E-state index is 11.9. The monoisotopic (exact) mass is 370 g/mol. The molecule has 0 spiro atoms. The summed E-state index contributed by atoms with van der Waals surface area (Å²) >= 11 is 1.23. The van der Waals surface area contributed by atoms with Crippen molar-refractivity contribution in [1.82, 2.24) is 25.3 Å². The third-order valence-electron chi connectivity index (χ3n) is 3.55. The molecule has 3 rings (SSSR count). The van der Waals surface area contributed by atoms with Gasteiger partial charge in [0.25, 0.3) is 0 Å². The smallest absolute Gasteiger partial charge is 0.226 e. The lowest BCUT2D eigenvalue weighted by Crippen LogP contribution is -2.24. The number of anilines is 1. The Balaban J connectivity index is 1.38. The van der Waals surface area contributed by atoms with Gasteiger partial charge in [0.1, 0.15) is 5.51 Å². The summed E-state index contributed by atoms with van der Waals surface area (Å²) in [7, 11) is 0. The molecule has 2 amide bonds. The van der Waals surface area contributed by atoms with Crippen LogP contribution in [0.15, 0.2) is 48.2 Å². The third-order valence-corrected chi connectivity index (χ3v) is 4.16. The van der Waals surface area contributed by atoms with Crippen LogP contribution >= 0.6 is 11.3 Å². The van der Waals surface area contributed by atoms with Crippen molar-refractivity contribution in [2.75, 3.05) is 5.32 Å². The molecule has 2 aromatic heterocycles. The number of carbonyl (C=O) groups is 2. The van der Waals surface area contributed by atoms with E-state index < -0.39 is 0 Å². The van der Waals surface area contributed by atoms with Gasteiger partial charge in [-0.2, -0.15) is 5.10 Å². The molecule has 0 saturated heterocycles. The fourth-order valence-electron chi connectivity index (χ4n) is 2.28. The Labute approximate surface area is 154 Å². The normalized spacial score (nSPS) is 10.5. The van der Waals surface area contributed by atoms with E-state index in [1.807, 2.05) is 41.2 Å². The molecule has 8 nitrogen and oxygen atoms in total. The lowest BCUT2D eigenvalue weighted by molar-refractivity contribution is -0.124. The van der Waals surface area contributed by atoms with Crippen molar-refractivity contribution in [1.29, 1.82) is 0 Å². The van der Waals surface area contributed by atoms with Crippen molar-refractivity contribution in [2.45, 2.75) is 25.9 Å². The van der Waals surface area contributed by atoms with Crippen LogP contribution in [-0.2, 0) is 22.7 Å². The van der Waals surface area contributed by atoms with E-state index in [0.717, 1.165) is 11.1 Å². The number of aromatic nitrogens is 4. The summed E-state index contributed by atoms with van der Waals surface area (Å²) in [6.07, 6.45) is 3.84. The molecule has 0 saturated carbocycles. The molecule has 0 unspecified atom stereocenters. The van der Waals surface area contributed by atoms with Crippen LogP contribution in [-0.4, -0.2) is 31.8 Å². The first-order valence-corrected chi connectivity index (χ1v) is 8.95. The van der Waals surface area contributed by atoms with E-state index >= 15 is 0 Å². The number of amides is 2. The van der Waals surface area contributed by atoms with Crippen molar-refractivity contribution in [3.05, 3.63) is 59.4 Å². The molecule has 1 aromatic carbocycles. The zero-order valence-corrected chi connectivity index (χ0v) is 14.8. The van der Waals surface area contributed by atoms with Crippen LogP contribution in [0.4, 0.5) is 5.13 Å². The van der Waals surface area contributed by atoms with E-state index in [0.29, 0.717) is 18.2 Å². The maximum absolute atomic E-state index is 11.9.